The van der Waals surface area contributed by atoms with Crippen LogP contribution in [0.15, 0.2) is 23.8 Å². The average molecular weight is 553 g/mol. The molecule has 10 nitrogen and oxygen atoms in total. The Hall–Kier alpha value is -2.91. The Kier molecular flexibility index (Phi) is 14.4. The van der Waals surface area contributed by atoms with E-state index in [9.17, 15) is 9.59 Å². The third-order valence-corrected chi connectivity index (χ3v) is 6.40. The minimum absolute atomic E-state index is 0.195. The molecule has 0 unspecified atom stereocenters. The number of carboxylic acid groups (broad SMARTS) is 1. The summed E-state index contributed by atoms with van der Waals surface area (Å²) in [5.74, 6) is -0.576. The lowest BCUT2D eigenvalue weighted by Gasteiger charge is -2.19. The van der Waals surface area contributed by atoms with Gasteiger partial charge in [0.15, 0.2) is 0 Å². The topological polar surface area (TPSA) is 134 Å². The second-order valence-electron chi connectivity index (χ2n) is 7.99. The van der Waals surface area contributed by atoms with Gasteiger partial charge in [0.25, 0.3) is 0 Å². The molecule has 0 saturated carbocycles. The third kappa shape index (κ3) is 11.8. The lowest BCUT2D eigenvalue weighted by molar-refractivity contribution is -0.132. The monoisotopic (exact) mass is 552 g/mol. The van der Waals surface area contributed by atoms with Gasteiger partial charge >= 0.3 is 12.1 Å². The maximum atomic E-state index is 11.9. The normalized spacial score (nSPS) is 11.3. The lowest BCUT2D eigenvalue weighted by atomic mass is 10.2. The quantitative estimate of drug-likeness (QED) is 0.120. The molecule has 1 heterocycles. The number of amides is 1. The molecule has 12 heteroatoms. The van der Waals surface area contributed by atoms with Crippen molar-refractivity contribution in [2.75, 3.05) is 64.0 Å². The first kappa shape index (κ1) is 30.3. The highest BCUT2D eigenvalue weighted by molar-refractivity contribution is 7.19. The van der Waals surface area contributed by atoms with Crippen molar-refractivity contribution in [3.63, 3.8) is 0 Å². The minimum atomic E-state index is -1.29. The van der Waals surface area contributed by atoms with Crippen LogP contribution >= 0.6 is 22.9 Å². The van der Waals surface area contributed by atoms with Gasteiger partial charge in [-0.3, -0.25) is 0 Å². The van der Waals surface area contributed by atoms with Crippen molar-refractivity contribution < 1.29 is 28.9 Å². The first-order valence-electron chi connectivity index (χ1n) is 12.0. The van der Waals surface area contributed by atoms with E-state index in [1.165, 1.54) is 17.4 Å². The predicted octanol–water partition coefficient (Wildman–Crippen LogP) is 4.28. The summed E-state index contributed by atoms with van der Waals surface area (Å²) in [5.41, 5.74) is 1.23. The number of carboxylic acids is 1. The number of ether oxygens (including phenoxy) is 3. The fourth-order valence-electron chi connectivity index (χ4n) is 3.15. The number of aliphatic carboxylic acids is 1. The summed E-state index contributed by atoms with van der Waals surface area (Å²) in [5, 5.41) is 21.0. The number of nitrogens with zero attached hydrogens (tertiary/aromatic N) is 3. The van der Waals surface area contributed by atoms with Crippen molar-refractivity contribution in [3.8, 4) is 6.07 Å². The number of thiazole rings is 1. The number of likely N-dealkylation sites (N-methyl/N-ethyl adjacent to an activating group) is 1. The van der Waals surface area contributed by atoms with Crippen molar-refractivity contribution in [1.82, 2.24) is 10.3 Å². The number of carbonyl (C=O) groups is 2. The van der Waals surface area contributed by atoms with Crippen LogP contribution < -0.4 is 10.2 Å². The van der Waals surface area contributed by atoms with Crippen LogP contribution in [0.25, 0.3) is 16.3 Å². The van der Waals surface area contributed by atoms with Gasteiger partial charge in [0, 0.05) is 31.8 Å². The van der Waals surface area contributed by atoms with Crippen molar-refractivity contribution in [1.29, 1.82) is 5.26 Å². The van der Waals surface area contributed by atoms with Crippen LogP contribution in [-0.2, 0) is 19.0 Å². The summed E-state index contributed by atoms with van der Waals surface area (Å²) in [6.45, 7) is 3.12. The molecular weight excluding hydrogens is 520 g/mol. The molecule has 1 amide bonds. The summed E-state index contributed by atoms with van der Waals surface area (Å²) in [4.78, 5) is 29.2. The molecule has 0 spiro atoms. The first-order chi connectivity index (χ1) is 17.9. The molecule has 0 atom stereocenters. The van der Waals surface area contributed by atoms with Crippen LogP contribution in [0.4, 0.5) is 10.5 Å². The van der Waals surface area contributed by atoms with Crippen molar-refractivity contribution in [2.24, 2.45) is 0 Å². The fourth-order valence-corrected chi connectivity index (χ4v) is 4.28. The molecule has 0 radical (unpaired) electrons. The Morgan fingerprint density at radius 1 is 1.16 bits per heavy atom. The zero-order valence-electron chi connectivity index (χ0n) is 20.9. The summed E-state index contributed by atoms with van der Waals surface area (Å²) in [6, 6.07) is 7.26. The van der Waals surface area contributed by atoms with E-state index >= 15 is 0 Å². The Labute approximate surface area is 225 Å². The second-order valence-corrected chi connectivity index (χ2v) is 9.43. The predicted molar refractivity (Wildman–Crippen MR) is 144 cm³/mol. The van der Waals surface area contributed by atoms with Crippen LogP contribution in [0.3, 0.4) is 0 Å². The van der Waals surface area contributed by atoms with E-state index in [1.807, 2.05) is 30.1 Å². The molecule has 0 bridgehead atoms. The lowest BCUT2D eigenvalue weighted by Crippen LogP contribution is -2.31. The number of alkyl halides is 1. The van der Waals surface area contributed by atoms with Crippen LogP contribution in [0, 0.1) is 11.3 Å². The molecule has 2 N–H and O–H groups in total. The highest BCUT2D eigenvalue weighted by Gasteiger charge is 2.11. The van der Waals surface area contributed by atoms with Gasteiger partial charge in [-0.15, -0.1) is 22.9 Å². The largest absolute Gasteiger partial charge is 0.477 e. The maximum Gasteiger partial charge on any atom is 0.407 e. The van der Waals surface area contributed by atoms with Gasteiger partial charge in [0.1, 0.15) is 23.3 Å². The molecule has 0 aliphatic rings. The number of benzene rings is 1. The third-order valence-electron chi connectivity index (χ3n) is 5.17. The molecule has 1 aromatic carbocycles. The van der Waals surface area contributed by atoms with Crippen LogP contribution in [0.1, 0.15) is 30.7 Å². The van der Waals surface area contributed by atoms with Crippen molar-refractivity contribution in [2.45, 2.75) is 25.7 Å². The number of halogens is 1. The number of nitriles is 1. The van der Waals surface area contributed by atoms with E-state index < -0.39 is 12.1 Å². The molecule has 1 aromatic heterocycles. The maximum absolute atomic E-state index is 11.9. The van der Waals surface area contributed by atoms with Crippen LogP contribution in [0.5, 0.6) is 0 Å². The molecule has 202 valence electrons. The number of rotatable bonds is 18. The van der Waals surface area contributed by atoms with E-state index in [0.717, 1.165) is 42.7 Å². The highest BCUT2D eigenvalue weighted by atomic mass is 35.5. The molecule has 37 heavy (non-hydrogen) atoms. The van der Waals surface area contributed by atoms with E-state index in [2.05, 4.69) is 10.3 Å². The van der Waals surface area contributed by atoms with Gasteiger partial charge in [0.05, 0.1) is 36.6 Å². The molecule has 2 rings (SSSR count). The Morgan fingerprint density at radius 3 is 2.65 bits per heavy atom. The van der Waals surface area contributed by atoms with Gasteiger partial charge < -0.3 is 29.5 Å². The number of carbonyl (C=O) groups excluding carboxylic acids is 1. The molecule has 2 aromatic rings. The van der Waals surface area contributed by atoms with Gasteiger partial charge in [-0.2, -0.15) is 5.26 Å². The minimum Gasteiger partial charge on any atom is -0.477 e. The van der Waals surface area contributed by atoms with Gasteiger partial charge in [-0.25, -0.2) is 14.6 Å². The summed E-state index contributed by atoms with van der Waals surface area (Å²) < 4.78 is 17.0. The number of alkyl carbamates (subject to hydrolysis) is 1. The molecular formula is C25H33ClN4O6S. The number of anilines is 1. The smallest absolute Gasteiger partial charge is 0.407 e. The summed E-state index contributed by atoms with van der Waals surface area (Å²) >= 11 is 6.93. The highest BCUT2D eigenvalue weighted by Crippen LogP contribution is 2.28. The van der Waals surface area contributed by atoms with Crippen molar-refractivity contribution >= 4 is 57.0 Å². The number of nitrogens with one attached hydrogen (secondary N) is 1. The van der Waals surface area contributed by atoms with Crippen molar-refractivity contribution in [3.05, 3.63) is 28.8 Å². The first-order valence-corrected chi connectivity index (χ1v) is 13.4. The Balaban J connectivity index is 1.60. The average Bonchev–Trinajstić information content (AvgIpc) is 3.29. The van der Waals surface area contributed by atoms with Gasteiger partial charge in [-0.05, 0) is 37.1 Å². The number of unbranched alkanes of at least 4 members (excludes halogenated alkanes) is 3. The van der Waals surface area contributed by atoms with E-state index in [1.54, 1.807) is 6.07 Å². The fraction of sp³-hybridized carbons (Fsp3) is 0.520. The Morgan fingerprint density at radius 2 is 1.92 bits per heavy atom. The molecule has 0 saturated heterocycles. The standard InChI is InChI=1S/C25H33ClN4O6S/c1-30(20-6-7-21-22(17-20)37-23(29-21)16-19(18-27)24(31)32)10-13-36-25(33)28-9-12-35-15-14-34-11-5-3-2-4-8-26/h6-7,16-17H,2-5,8-15H2,1H3,(H,28,33)(H,31,32)/b19-16+. The van der Waals surface area contributed by atoms with E-state index in [-0.39, 0.29) is 12.2 Å². The zero-order chi connectivity index (χ0) is 26.9. The number of hydrogen-bond donors (Lipinski definition) is 2. The Bertz CT molecular complexity index is 1070. The van der Waals surface area contributed by atoms with E-state index in [0.29, 0.717) is 49.3 Å². The van der Waals surface area contributed by atoms with Gasteiger partial charge in [0.2, 0.25) is 0 Å². The van der Waals surface area contributed by atoms with E-state index in [4.69, 9.17) is 36.2 Å². The number of fused-ring (bicyclic) bond motifs is 1. The number of aromatic nitrogens is 1. The summed E-state index contributed by atoms with van der Waals surface area (Å²) in [6.07, 6.45) is 5.07. The molecule has 0 aliphatic heterocycles. The SMILES string of the molecule is CN(CCOC(=O)NCCOCCOCCCCCCCl)c1ccc2nc(/C=C(\C#N)C(=O)O)sc2c1. The van der Waals surface area contributed by atoms with Crippen LogP contribution in [0.2, 0.25) is 0 Å². The molecule has 0 aliphatic carbocycles. The van der Waals surface area contributed by atoms with Crippen LogP contribution in [-0.4, -0.2) is 81.2 Å². The second kappa shape index (κ2) is 17.5. The van der Waals surface area contributed by atoms with Gasteiger partial charge in [-0.1, -0.05) is 12.8 Å². The number of hydrogen-bond acceptors (Lipinski definition) is 9. The molecule has 0 fully saturated rings. The zero-order valence-corrected chi connectivity index (χ0v) is 22.5. The summed E-state index contributed by atoms with van der Waals surface area (Å²) in [7, 11) is 1.87.